The maximum Gasteiger partial charge on any atom is 0.336 e. The molecule has 0 bridgehead atoms. The third-order valence-corrected chi connectivity index (χ3v) is 5.65. The summed E-state index contributed by atoms with van der Waals surface area (Å²) in [4.78, 5) is 50.3. The van der Waals surface area contributed by atoms with Crippen LogP contribution in [0.3, 0.4) is 0 Å². The molecule has 0 spiro atoms. The topological polar surface area (TPSA) is 106 Å². The van der Waals surface area contributed by atoms with Crippen LogP contribution in [0.15, 0.2) is 57.7 Å². The van der Waals surface area contributed by atoms with E-state index in [4.69, 9.17) is 9.15 Å². The van der Waals surface area contributed by atoms with E-state index in [0.717, 1.165) is 0 Å². The number of rotatable bonds is 5. The number of piperidine rings is 1. The number of halogens is 1. The van der Waals surface area contributed by atoms with Crippen molar-refractivity contribution in [2.75, 3.05) is 18.4 Å². The summed E-state index contributed by atoms with van der Waals surface area (Å²) in [6.07, 6.45) is 1.21. The number of nitrogens with one attached hydrogen (secondary N) is 1. The van der Waals surface area contributed by atoms with Gasteiger partial charge in [0.1, 0.15) is 18.0 Å². The summed E-state index contributed by atoms with van der Waals surface area (Å²) >= 11 is 0. The lowest BCUT2D eigenvalue weighted by Gasteiger charge is -2.31. The third-order valence-electron chi connectivity index (χ3n) is 5.65. The number of anilines is 1. The average Bonchev–Trinajstić information content (AvgIpc) is 2.81. The molecule has 1 fully saturated rings. The number of nitrogens with zero attached hydrogens (tertiary/aromatic N) is 1. The van der Waals surface area contributed by atoms with Crippen molar-refractivity contribution in [1.82, 2.24) is 4.90 Å². The Hall–Kier alpha value is -4.01. The highest BCUT2D eigenvalue weighted by molar-refractivity contribution is 5.94. The Morgan fingerprint density at radius 3 is 2.65 bits per heavy atom. The molecule has 1 aliphatic heterocycles. The fraction of sp³-hybridized carbons (Fsp3) is 0.280. The van der Waals surface area contributed by atoms with Crippen molar-refractivity contribution < 1.29 is 27.9 Å². The second-order valence-electron chi connectivity index (χ2n) is 8.19. The third kappa shape index (κ3) is 5.31. The smallest absolute Gasteiger partial charge is 0.336 e. The molecule has 3 aromatic rings. The molecule has 0 radical (unpaired) electrons. The number of carbonyl (C=O) groups is 3. The molecule has 2 heterocycles. The normalized spacial score (nSPS) is 15.7. The number of likely N-dealkylation sites (tertiary alicyclic amines) is 1. The van der Waals surface area contributed by atoms with Gasteiger partial charge >= 0.3 is 11.6 Å². The minimum atomic E-state index is -0.604. The number of carbonyl (C=O) groups excluding carboxylic acids is 3. The standard InChI is InChI=1S/C25H23FN2O6/c1-15(29)27-20-8-9-21-18(11-23(30)34-22(21)12-20)14-33-25(32)17-3-2-10-28(13-17)24(31)16-4-6-19(26)7-5-16/h4-9,11-12,17H,2-3,10,13-14H2,1H3,(H,27,29)/t17-/m0/s1. The van der Waals surface area contributed by atoms with Gasteiger partial charge in [0.25, 0.3) is 5.91 Å². The van der Waals surface area contributed by atoms with E-state index in [1.54, 1.807) is 17.0 Å². The molecule has 34 heavy (non-hydrogen) atoms. The van der Waals surface area contributed by atoms with Crippen molar-refractivity contribution in [3.8, 4) is 0 Å². The van der Waals surface area contributed by atoms with Crippen LogP contribution in [0.25, 0.3) is 11.0 Å². The molecule has 1 atom stereocenters. The highest BCUT2D eigenvalue weighted by atomic mass is 19.1. The SMILES string of the molecule is CC(=O)Nc1ccc2c(COC(=O)[C@H]3CCCN(C(=O)c4ccc(F)cc4)C3)cc(=O)oc2c1. The lowest BCUT2D eigenvalue weighted by atomic mass is 9.97. The molecule has 8 nitrogen and oxygen atoms in total. The Kier molecular flexibility index (Phi) is 6.72. The summed E-state index contributed by atoms with van der Waals surface area (Å²) in [5.41, 5.74) is 0.969. The van der Waals surface area contributed by atoms with Crippen molar-refractivity contribution >= 4 is 34.4 Å². The number of ether oxygens (including phenoxy) is 1. The molecule has 1 N–H and O–H groups in total. The van der Waals surface area contributed by atoms with E-state index < -0.39 is 23.3 Å². The van der Waals surface area contributed by atoms with Gasteiger partial charge in [-0.1, -0.05) is 0 Å². The molecule has 0 unspecified atom stereocenters. The Morgan fingerprint density at radius 2 is 1.91 bits per heavy atom. The first kappa shape index (κ1) is 23.2. The van der Waals surface area contributed by atoms with Crippen LogP contribution in [-0.4, -0.2) is 35.8 Å². The van der Waals surface area contributed by atoms with E-state index >= 15 is 0 Å². The van der Waals surface area contributed by atoms with Crippen LogP contribution in [0.2, 0.25) is 0 Å². The lowest BCUT2D eigenvalue weighted by Crippen LogP contribution is -2.42. The summed E-state index contributed by atoms with van der Waals surface area (Å²) in [6.45, 7) is 1.94. The van der Waals surface area contributed by atoms with Gasteiger partial charge in [0.15, 0.2) is 0 Å². The number of hydrogen-bond donors (Lipinski definition) is 1. The first-order valence-electron chi connectivity index (χ1n) is 10.9. The van der Waals surface area contributed by atoms with Crippen molar-refractivity contribution in [2.24, 2.45) is 5.92 Å². The fourth-order valence-electron chi connectivity index (χ4n) is 4.03. The molecule has 1 aromatic heterocycles. The summed E-state index contributed by atoms with van der Waals surface area (Å²) in [5.74, 6) is -1.92. The second-order valence-corrected chi connectivity index (χ2v) is 8.19. The minimum absolute atomic E-state index is 0.136. The first-order valence-corrected chi connectivity index (χ1v) is 10.9. The molecule has 0 saturated carbocycles. The second kappa shape index (κ2) is 9.86. The Labute approximate surface area is 194 Å². The number of amides is 2. The number of hydrogen-bond acceptors (Lipinski definition) is 6. The van der Waals surface area contributed by atoms with Crippen LogP contribution < -0.4 is 10.9 Å². The molecule has 0 aliphatic carbocycles. The maximum absolute atomic E-state index is 13.1. The molecule has 4 rings (SSSR count). The molecular formula is C25H23FN2O6. The van der Waals surface area contributed by atoms with E-state index in [1.807, 2.05) is 0 Å². The van der Waals surface area contributed by atoms with Gasteiger partial charge in [0.2, 0.25) is 5.91 Å². The Balaban J connectivity index is 1.43. The van der Waals surface area contributed by atoms with Gasteiger partial charge in [-0.05, 0) is 49.2 Å². The molecule has 9 heteroatoms. The summed E-state index contributed by atoms with van der Waals surface area (Å²) in [6, 6.07) is 11.4. The molecule has 1 aliphatic rings. The van der Waals surface area contributed by atoms with E-state index in [2.05, 4.69) is 5.32 Å². The highest BCUT2D eigenvalue weighted by Crippen LogP contribution is 2.24. The molecule has 2 amide bonds. The van der Waals surface area contributed by atoms with Crippen molar-refractivity contribution in [1.29, 1.82) is 0 Å². The number of esters is 1. The zero-order valence-electron chi connectivity index (χ0n) is 18.5. The van der Waals surface area contributed by atoms with Crippen LogP contribution >= 0.6 is 0 Å². The van der Waals surface area contributed by atoms with E-state index in [-0.39, 0.29) is 30.5 Å². The van der Waals surface area contributed by atoms with Crippen LogP contribution in [0.4, 0.5) is 10.1 Å². The Bertz CT molecular complexity index is 1300. The van der Waals surface area contributed by atoms with Crippen molar-refractivity contribution in [2.45, 2.75) is 26.4 Å². The fourth-order valence-corrected chi connectivity index (χ4v) is 4.03. The van der Waals surface area contributed by atoms with E-state index in [9.17, 15) is 23.6 Å². The van der Waals surface area contributed by atoms with Crippen LogP contribution in [0.5, 0.6) is 0 Å². The van der Waals surface area contributed by atoms with Gasteiger partial charge in [-0.15, -0.1) is 0 Å². The van der Waals surface area contributed by atoms with Gasteiger partial charge < -0.3 is 19.4 Å². The molecule has 1 saturated heterocycles. The van der Waals surface area contributed by atoms with Gasteiger partial charge in [-0.25, -0.2) is 9.18 Å². The monoisotopic (exact) mass is 466 g/mol. The van der Waals surface area contributed by atoms with Gasteiger partial charge in [0, 0.05) is 54.3 Å². The summed E-state index contributed by atoms with van der Waals surface area (Å²) < 4.78 is 23.9. The average molecular weight is 466 g/mol. The van der Waals surface area contributed by atoms with Crippen LogP contribution in [0.1, 0.15) is 35.7 Å². The molecule has 2 aromatic carbocycles. The lowest BCUT2D eigenvalue weighted by molar-refractivity contribution is -0.151. The van der Waals surface area contributed by atoms with Crippen LogP contribution in [-0.2, 0) is 20.9 Å². The first-order chi connectivity index (χ1) is 16.3. The van der Waals surface area contributed by atoms with Crippen molar-refractivity contribution in [3.63, 3.8) is 0 Å². The van der Waals surface area contributed by atoms with Gasteiger partial charge in [0.05, 0.1) is 5.92 Å². The predicted molar refractivity (Wildman–Crippen MR) is 122 cm³/mol. The highest BCUT2D eigenvalue weighted by Gasteiger charge is 2.30. The largest absolute Gasteiger partial charge is 0.461 e. The maximum atomic E-state index is 13.1. The summed E-state index contributed by atoms with van der Waals surface area (Å²) in [5, 5.41) is 3.20. The zero-order chi connectivity index (χ0) is 24.2. The number of benzene rings is 2. The Morgan fingerprint density at radius 1 is 1.15 bits per heavy atom. The van der Waals surface area contributed by atoms with Gasteiger partial charge in [-0.2, -0.15) is 0 Å². The molecule has 176 valence electrons. The van der Waals surface area contributed by atoms with E-state index in [0.29, 0.717) is 41.6 Å². The zero-order valence-corrected chi connectivity index (χ0v) is 18.5. The minimum Gasteiger partial charge on any atom is -0.461 e. The van der Waals surface area contributed by atoms with Gasteiger partial charge in [-0.3, -0.25) is 14.4 Å². The predicted octanol–water partition coefficient (Wildman–Crippen LogP) is 3.49. The van der Waals surface area contributed by atoms with E-state index in [1.165, 1.54) is 43.3 Å². The quantitative estimate of drug-likeness (QED) is 0.456. The number of fused-ring (bicyclic) bond motifs is 1. The molecular weight excluding hydrogens is 443 g/mol. The van der Waals surface area contributed by atoms with Crippen molar-refractivity contribution in [3.05, 3.63) is 75.9 Å². The summed E-state index contributed by atoms with van der Waals surface area (Å²) in [7, 11) is 0. The van der Waals surface area contributed by atoms with Crippen LogP contribution in [0, 0.1) is 11.7 Å².